The molecule has 0 saturated carbocycles. The number of aliphatic hydroxyl groups excluding tert-OH is 1. The van der Waals surface area contributed by atoms with Crippen molar-refractivity contribution in [3.63, 3.8) is 0 Å². The van der Waals surface area contributed by atoms with E-state index in [1.165, 1.54) is 6.08 Å². The molecule has 1 aliphatic rings. The second-order valence-electron chi connectivity index (χ2n) is 10.4. The molecular weight excluding hydrogens is 436 g/mol. The Bertz CT molecular complexity index is 758. The van der Waals surface area contributed by atoms with Gasteiger partial charge in [0.05, 0.1) is 18.3 Å². The van der Waals surface area contributed by atoms with Gasteiger partial charge in [0.15, 0.2) is 14.6 Å². The highest BCUT2D eigenvalue weighted by atomic mass is 28.4. The second kappa shape index (κ2) is 12.3. The van der Waals surface area contributed by atoms with E-state index < -0.39 is 20.7 Å². The van der Waals surface area contributed by atoms with Crippen LogP contribution in [0.1, 0.15) is 59.4 Å². The van der Waals surface area contributed by atoms with Crippen molar-refractivity contribution in [3.8, 4) is 0 Å². The van der Waals surface area contributed by atoms with Crippen LogP contribution in [0.15, 0.2) is 42.5 Å². The van der Waals surface area contributed by atoms with E-state index in [-0.39, 0.29) is 35.9 Å². The molecule has 33 heavy (non-hydrogen) atoms. The minimum atomic E-state index is -1.95. The van der Waals surface area contributed by atoms with Gasteiger partial charge in [-0.05, 0) is 50.4 Å². The van der Waals surface area contributed by atoms with Gasteiger partial charge in [-0.2, -0.15) is 0 Å². The van der Waals surface area contributed by atoms with Crippen LogP contribution >= 0.6 is 0 Å². The molecule has 0 spiro atoms. The Morgan fingerprint density at radius 3 is 2.58 bits per heavy atom. The molecule has 6 nitrogen and oxygen atoms in total. The molecule has 1 unspecified atom stereocenters. The summed E-state index contributed by atoms with van der Waals surface area (Å²) >= 11 is 0. The zero-order valence-corrected chi connectivity index (χ0v) is 22.2. The molecule has 0 aliphatic carbocycles. The number of hydrogen-bond acceptors (Lipinski definition) is 6. The molecule has 1 saturated heterocycles. The number of rotatable bonds is 10. The molecule has 1 N–H and O–H groups in total. The molecule has 186 valence electrons. The summed E-state index contributed by atoms with van der Waals surface area (Å²) in [5.74, 6) is -0.361. The van der Waals surface area contributed by atoms with Crippen molar-refractivity contribution in [1.29, 1.82) is 0 Å². The predicted octanol–water partition coefficient (Wildman–Crippen LogP) is 5.36. The van der Waals surface area contributed by atoms with Crippen LogP contribution in [0.4, 0.5) is 0 Å². The quantitative estimate of drug-likeness (QED) is 0.277. The molecule has 1 aliphatic heterocycles. The maximum absolute atomic E-state index is 11.8. The highest BCUT2D eigenvalue weighted by Crippen LogP contribution is 2.39. The summed E-state index contributed by atoms with van der Waals surface area (Å²) in [5, 5.41) is 10.7. The Hall–Kier alpha value is -1.51. The molecule has 5 atom stereocenters. The second-order valence-corrected chi connectivity index (χ2v) is 15.2. The third kappa shape index (κ3) is 8.98. The first kappa shape index (κ1) is 27.7. The molecule has 1 aromatic carbocycles. The fourth-order valence-electron chi connectivity index (χ4n) is 3.34. The minimum Gasteiger partial charge on any atom is -0.458 e. The molecule has 0 bridgehead atoms. The number of esters is 1. The lowest BCUT2D eigenvalue weighted by molar-refractivity contribution is -0.271. The lowest BCUT2D eigenvalue weighted by atomic mass is 10.0. The highest BCUT2D eigenvalue weighted by molar-refractivity contribution is 6.74. The van der Waals surface area contributed by atoms with Gasteiger partial charge in [0.1, 0.15) is 12.7 Å². The summed E-state index contributed by atoms with van der Waals surface area (Å²) in [6, 6.07) is 9.58. The van der Waals surface area contributed by atoms with E-state index in [0.29, 0.717) is 19.3 Å². The Morgan fingerprint density at radius 2 is 1.94 bits per heavy atom. The summed E-state index contributed by atoms with van der Waals surface area (Å²) in [6.07, 6.45) is 3.28. The third-order valence-corrected chi connectivity index (χ3v) is 11.0. The molecular formula is C26H42O6Si. The van der Waals surface area contributed by atoms with Crippen molar-refractivity contribution >= 4 is 14.3 Å². The van der Waals surface area contributed by atoms with Gasteiger partial charge in [0.2, 0.25) is 0 Å². The van der Waals surface area contributed by atoms with Crippen LogP contribution in [0.3, 0.4) is 0 Å². The average molecular weight is 479 g/mol. The number of hydrogen-bond donors (Lipinski definition) is 1. The van der Waals surface area contributed by atoms with E-state index in [1.807, 2.05) is 44.2 Å². The van der Waals surface area contributed by atoms with E-state index in [1.54, 1.807) is 6.08 Å². The van der Waals surface area contributed by atoms with Crippen LogP contribution < -0.4 is 0 Å². The molecule has 0 amide bonds. The van der Waals surface area contributed by atoms with E-state index in [0.717, 1.165) is 5.56 Å². The summed E-state index contributed by atoms with van der Waals surface area (Å²) < 4.78 is 23.7. The van der Waals surface area contributed by atoms with Crippen LogP contribution in [-0.4, -0.2) is 50.1 Å². The van der Waals surface area contributed by atoms with E-state index in [9.17, 15) is 9.90 Å². The highest BCUT2D eigenvalue weighted by Gasteiger charge is 2.44. The number of carbonyl (C=O) groups excluding carboxylic acids is 1. The first-order chi connectivity index (χ1) is 15.4. The smallest absolute Gasteiger partial charge is 0.330 e. The van der Waals surface area contributed by atoms with Crippen molar-refractivity contribution in [1.82, 2.24) is 0 Å². The lowest BCUT2D eigenvalue weighted by Crippen LogP contribution is -2.54. The van der Waals surface area contributed by atoms with Crippen LogP contribution in [0.25, 0.3) is 0 Å². The number of carbonyl (C=O) groups is 1. The number of allylic oxidation sites excluding steroid dienone is 1. The monoisotopic (exact) mass is 478 g/mol. The molecule has 1 fully saturated rings. The van der Waals surface area contributed by atoms with Gasteiger partial charge >= 0.3 is 5.97 Å². The molecule has 2 rings (SSSR count). The van der Waals surface area contributed by atoms with Gasteiger partial charge in [-0.1, -0.05) is 57.2 Å². The van der Waals surface area contributed by atoms with Crippen molar-refractivity contribution in [3.05, 3.63) is 48.0 Å². The summed E-state index contributed by atoms with van der Waals surface area (Å²) in [5.41, 5.74) is 0.957. The Balaban J connectivity index is 1.72. The fourth-order valence-corrected chi connectivity index (χ4v) is 4.74. The van der Waals surface area contributed by atoms with Crippen molar-refractivity contribution in [2.75, 3.05) is 0 Å². The maximum Gasteiger partial charge on any atom is 0.330 e. The fraction of sp³-hybridized carbons (Fsp3) is 0.654. The SMILES string of the molecule is C[C@H](CC/C=C/C(=O)OCc1ccccc1)O[C@@H]1O[C@@H](C)C(O[Si](C)(C)C(C)(C)C)C[C@H]1O. The Morgan fingerprint density at radius 1 is 1.27 bits per heavy atom. The molecule has 7 heteroatoms. The average Bonchev–Trinajstić information content (AvgIpc) is 2.73. The normalized spacial score (nSPS) is 25.2. The molecule has 1 heterocycles. The molecule has 0 radical (unpaired) electrons. The number of benzene rings is 1. The summed E-state index contributed by atoms with van der Waals surface area (Å²) in [6.45, 7) is 15.2. The largest absolute Gasteiger partial charge is 0.458 e. The van der Waals surface area contributed by atoms with Crippen molar-refractivity contribution < 1.29 is 28.5 Å². The minimum absolute atomic E-state index is 0.0982. The van der Waals surface area contributed by atoms with Crippen LogP contribution in [-0.2, 0) is 30.0 Å². The van der Waals surface area contributed by atoms with Gasteiger partial charge in [-0.3, -0.25) is 0 Å². The van der Waals surface area contributed by atoms with Gasteiger partial charge in [-0.25, -0.2) is 4.79 Å². The standard InChI is InChI=1S/C26H42O6Si/c1-19(13-11-12-16-24(28)29-18-21-14-9-8-10-15-21)30-25-22(27)17-23(20(2)31-25)32-33(6,7)26(3,4)5/h8-10,12,14-16,19-20,22-23,25,27H,11,13,17-18H2,1-7H3/b16-12+/t19-,20+,22-,23?,25-/m1/s1. The zero-order valence-electron chi connectivity index (χ0n) is 21.2. The van der Waals surface area contributed by atoms with Gasteiger partial charge < -0.3 is 23.7 Å². The third-order valence-electron chi connectivity index (χ3n) is 6.50. The van der Waals surface area contributed by atoms with Gasteiger partial charge in [-0.15, -0.1) is 0 Å². The number of ether oxygens (including phenoxy) is 3. The van der Waals surface area contributed by atoms with Gasteiger partial charge in [0, 0.05) is 12.5 Å². The maximum atomic E-state index is 11.8. The van der Waals surface area contributed by atoms with E-state index >= 15 is 0 Å². The number of aliphatic hydroxyl groups is 1. The summed E-state index contributed by atoms with van der Waals surface area (Å²) in [7, 11) is -1.95. The predicted molar refractivity (Wildman–Crippen MR) is 132 cm³/mol. The van der Waals surface area contributed by atoms with Crippen molar-refractivity contribution in [2.45, 2.75) is 109 Å². The van der Waals surface area contributed by atoms with E-state index in [4.69, 9.17) is 18.6 Å². The lowest BCUT2D eigenvalue weighted by Gasteiger charge is -2.45. The zero-order chi connectivity index (χ0) is 24.6. The van der Waals surface area contributed by atoms with Crippen LogP contribution in [0, 0.1) is 0 Å². The first-order valence-corrected chi connectivity index (χ1v) is 14.8. The Labute approximate surface area is 200 Å². The summed E-state index contributed by atoms with van der Waals surface area (Å²) in [4.78, 5) is 11.8. The van der Waals surface area contributed by atoms with Crippen molar-refractivity contribution in [2.24, 2.45) is 0 Å². The van der Waals surface area contributed by atoms with Crippen LogP contribution in [0.2, 0.25) is 18.1 Å². The van der Waals surface area contributed by atoms with Gasteiger partial charge in [0.25, 0.3) is 0 Å². The first-order valence-electron chi connectivity index (χ1n) is 11.9. The molecule has 1 aromatic rings. The van der Waals surface area contributed by atoms with Crippen LogP contribution in [0.5, 0.6) is 0 Å². The Kier molecular flexibility index (Phi) is 10.3. The molecule has 0 aromatic heterocycles. The topological polar surface area (TPSA) is 74.2 Å². The van der Waals surface area contributed by atoms with E-state index in [2.05, 4.69) is 33.9 Å².